The fraction of sp³-hybridized carbons (Fsp3) is 0.714. The molecule has 1 aromatic heterocycles. The van der Waals surface area contributed by atoms with Gasteiger partial charge < -0.3 is 10.6 Å². The van der Waals surface area contributed by atoms with Crippen LogP contribution in [-0.4, -0.2) is 27.8 Å². The summed E-state index contributed by atoms with van der Waals surface area (Å²) in [4.78, 5) is 12.3. The van der Waals surface area contributed by atoms with Gasteiger partial charge in [0.2, 0.25) is 5.91 Å². The summed E-state index contributed by atoms with van der Waals surface area (Å²) < 4.78 is 1.72. The molecule has 1 aliphatic carbocycles. The molecule has 0 radical (unpaired) electrons. The van der Waals surface area contributed by atoms with E-state index in [1.165, 1.54) is 25.7 Å². The van der Waals surface area contributed by atoms with Crippen molar-refractivity contribution in [2.45, 2.75) is 51.1 Å². The number of hydrogen-bond acceptors (Lipinski definition) is 3. The second kappa shape index (κ2) is 6.14. The number of carbonyl (C=O) groups excluding carboxylic acids is 1. The molecule has 3 rings (SSSR count). The molecule has 1 saturated heterocycles. The van der Waals surface area contributed by atoms with Gasteiger partial charge in [-0.3, -0.25) is 9.48 Å². The highest BCUT2D eigenvalue weighted by molar-refractivity contribution is 5.94. The monoisotopic (exact) mass is 298 g/mol. The zero-order valence-electron chi connectivity index (χ0n) is 12.1. The minimum absolute atomic E-state index is 0. The summed E-state index contributed by atoms with van der Waals surface area (Å²) >= 11 is 0. The van der Waals surface area contributed by atoms with E-state index in [2.05, 4.69) is 15.7 Å². The molecule has 0 bridgehead atoms. The molecule has 2 fully saturated rings. The molecule has 2 aliphatic rings. The number of aromatic nitrogens is 2. The zero-order chi connectivity index (χ0) is 13.4. The Hall–Kier alpha value is -1.07. The van der Waals surface area contributed by atoms with E-state index in [4.69, 9.17) is 0 Å². The van der Waals surface area contributed by atoms with Gasteiger partial charge in [0.05, 0.1) is 11.7 Å². The van der Waals surface area contributed by atoms with E-state index < -0.39 is 0 Å². The first-order valence-corrected chi connectivity index (χ1v) is 7.21. The van der Waals surface area contributed by atoms with Crippen molar-refractivity contribution in [1.29, 1.82) is 0 Å². The molecule has 2 N–H and O–H groups in total. The predicted octanol–water partition coefficient (Wildman–Crippen LogP) is 2.01. The van der Waals surface area contributed by atoms with Gasteiger partial charge in [-0.25, -0.2) is 0 Å². The fourth-order valence-electron chi connectivity index (χ4n) is 3.46. The number of nitrogens with one attached hydrogen (secondary N) is 2. The van der Waals surface area contributed by atoms with Crippen LogP contribution < -0.4 is 10.6 Å². The summed E-state index contributed by atoms with van der Waals surface area (Å²) in [6, 6.07) is 2.42. The Morgan fingerprint density at radius 2 is 2.20 bits per heavy atom. The highest BCUT2D eigenvalue weighted by Gasteiger charge is 2.38. The highest BCUT2D eigenvalue weighted by atomic mass is 35.5. The maximum absolute atomic E-state index is 12.3. The molecule has 1 aromatic rings. The SMILES string of the molecule is Cc1cc(NC(=O)C2CC3CCCCC3N2)n(C)n1.Cl. The molecule has 0 aromatic carbocycles. The molecule has 1 aliphatic heterocycles. The van der Waals surface area contributed by atoms with E-state index >= 15 is 0 Å². The minimum atomic E-state index is -0.0386. The third kappa shape index (κ3) is 2.99. The van der Waals surface area contributed by atoms with Gasteiger partial charge in [0, 0.05) is 19.2 Å². The van der Waals surface area contributed by atoms with Crippen molar-refractivity contribution in [2.24, 2.45) is 13.0 Å². The van der Waals surface area contributed by atoms with Crippen molar-refractivity contribution >= 4 is 24.1 Å². The molecule has 2 heterocycles. The quantitative estimate of drug-likeness (QED) is 0.878. The predicted molar refractivity (Wildman–Crippen MR) is 81.1 cm³/mol. The number of carbonyl (C=O) groups is 1. The van der Waals surface area contributed by atoms with Crippen molar-refractivity contribution in [2.75, 3.05) is 5.32 Å². The maximum atomic E-state index is 12.3. The first kappa shape index (κ1) is 15.3. The summed E-state index contributed by atoms with van der Waals surface area (Å²) in [6.45, 7) is 1.93. The van der Waals surface area contributed by atoms with Crippen LogP contribution in [0.2, 0.25) is 0 Å². The van der Waals surface area contributed by atoms with E-state index in [1.807, 2.05) is 20.0 Å². The molecular weight excluding hydrogens is 276 g/mol. The average molecular weight is 299 g/mol. The summed E-state index contributed by atoms with van der Waals surface area (Å²) in [5.41, 5.74) is 0.922. The summed E-state index contributed by atoms with van der Waals surface area (Å²) in [5, 5.41) is 10.7. The van der Waals surface area contributed by atoms with Crippen LogP contribution >= 0.6 is 12.4 Å². The molecule has 6 heteroatoms. The normalized spacial score (nSPS) is 28.6. The van der Waals surface area contributed by atoms with Crippen molar-refractivity contribution in [1.82, 2.24) is 15.1 Å². The van der Waals surface area contributed by atoms with Gasteiger partial charge in [0.1, 0.15) is 5.82 Å². The van der Waals surface area contributed by atoms with Crippen molar-refractivity contribution < 1.29 is 4.79 Å². The number of anilines is 1. The highest BCUT2D eigenvalue weighted by Crippen LogP contribution is 2.33. The van der Waals surface area contributed by atoms with Crippen LogP contribution in [0.3, 0.4) is 0 Å². The van der Waals surface area contributed by atoms with Crippen LogP contribution in [0, 0.1) is 12.8 Å². The Morgan fingerprint density at radius 3 is 2.85 bits per heavy atom. The molecule has 20 heavy (non-hydrogen) atoms. The van der Waals surface area contributed by atoms with E-state index in [0.717, 1.165) is 17.9 Å². The lowest BCUT2D eigenvalue weighted by Crippen LogP contribution is -2.40. The van der Waals surface area contributed by atoms with Gasteiger partial charge >= 0.3 is 0 Å². The first-order valence-electron chi connectivity index (χ1n) is 7.21. The van der Waals surface area contributed by atoms with Crippen molar-refractivity contribution in [3.05, 3.63) is 11.8 Å². The maximum Gasteiger partial charge on any atom is 0.242 e. The van der Waals surface area contributed by atoms with Crippen LogP contribution in [0.4, 0.5) is 5.82 Å². The molecule has 0 spiro atoms. The molecule has 5 nitrogen and oxygen atoms in total. The van der Waals surface area contributed by atoms with Gasteiger partial charge in [-0.15, -0.1) is 12.4 Å². The number of aryl methyl sites for hydroxylation is 2. The Kier molecular flexibility index (Phi) is 4.70. The average Bonchev–Trinajstić information content (AvgIpc) is 2.93. The summed E-state index contributed by atoms with van der Waals surface area (Å²) in [5.74, 6) is 1.55. The lowest BCUT2D eigenvalue weighted by atomic mass is 9.85. The zero-order valence-corrected chi connectivity index (χ0v) is 12.9. The van der Waals surface area contributed by atoms with Crippen molar-refractivity contribution in [3.63, 3.8) is 0 Å². The first-order chi connectivity index (χ1) is 9.13. The molecule has 3 unspecified atom stereocenters. The van der Waals surface area contributed by atoms with Crippen LogP contribution in [0.5, 0.6) is 0 Å². The van der Waals surface area contributed by atoms with Crippen molar-refractivity contribution in [3.8, 4) is 0 Å². The van der Waals surface area contributed by atoms with Gasteiger partial charge in [-0.05, 0) is 32.1 Å². The van der Waals surface area contributed by atoms with E-state index in [0.29, 0.717) is 12.0 Å². The van der Waals surface area contributed by atoms with Crippen LogP contribution in [0.25, 0.3) is 0 Å². The van der Waals surface area contributed by atoms with Gasteiger partial charge in [0.25, 0.3) is 0 Å². The van der Waals surface area contributed by atoms with E-state index in [-0.39, 0.29) is 24.4 Å². The second-order valence-corrected chi connectivity index (χ2v) is 5.89. The number of rotatable bonds is 2. The van der Waals surface area contributed by atoms with Gasteiger partial charge in [-0.1, -0.05) is 12.8 Å². The molecule has 3 atom stereocenters. The number of halogens is 1. The number of hydrogen-bond donors (Lipinski definition) is 2. The molecule has 1 saturated carbocycles. The van der Waals surface area contributed by atoms with Crippen LogP contribution in [-0.2, 0) is 11.8 Å². The molecular formula is C14H23ClN4O. The number of fused-ring (bicyclic) bond motifs is 1. The molecule has 112 valence electrons. The van der Waals surface area contributed by atoms with E-state index in [9.17, 15) is 4.79 Å². The minimum Gasteiger partial charge on any atom is -0.310 e. The van der Waals surface area contributed by atoms with Crippen LogP contribution in [0.1, 0.15) is 37.8 Å². The smallest absolute Gasteiger partial charge is 0.242 e. The van der Waals surface area contributed by atoms with Gasteiger partial charge in [-0.2, -0.15) is 5.10 Å². The lowest BCUT2D eigenvalue weighted by molar-refractivity contribution is -0.117. The lowest BCUT2D eigenvalue weighted by Gasteiger charge is -2.24. The largest absolute Gasteiger partial charge is 0.310 e. The Bertz CT molecular complexity index is 474. The molecule has 1 amide bonds. The third-order valence-electron chi connectivity index (χ3n) is 4.43. The number of amides is 1. The van der Waals surface area contributed by atoms with E-state index in [1.54, 1.807) is 4.68 Å². The summed E-state index contributed by atoms with van der Waals surface area (Å²) in [7, 11) is 1.85. The second-order valence-electron chi connectivity index (χ2n) is 5.89. The summed E-state index contributed by atoms with van der Waals surface area (Å²) in [6.07, 6.45) is 6.08. The topological polar surface area (TPSA) is 59.0 Å². The fourth-order valence-corrected chi connectivity index (χ4v) is 3.46. The Balaban J connectivity index is 0.00000147. The van der Waals surface area contributed by atoms with Crippen LogP contribution in [0.15, 0.2) is 6.07 Å². The Labute approximate surface area is 125 Å². The third-order valence-corrected chi connectivity index (χ3v) is 4.43. The number of nitrogens with zero attached hydrogens (tertiary/aromatic N) is 2. The standard InChI is InChI=1S/C14H22N4O.ClH/c1-9-7-13(18(2)17-9)16-14(19)12-8-10-5-3-4-6-11(10)15-12;/h7,10-12,15H,3-6,8H2,1-2H3,(H,16,19);1H. The Morgan fingerprint density at radius 1 is 1.45 bits per heavy atom. The van der Waals surface area contributed by atoms with Gasteiger partial charge in [0.15, 0.2) is 0 Å².